The fourth-order valence-electron chi connectivity index (χ4n) is 4.49. The lowest BCUT2D eigenvalue weighted by molar-refractivity contribution is -0.137. The van der Waals surface area contributed by atoms with Gasteiger partial charge >= 0.3 is 6.18 Å². The Morgan fingerprint density at radius 3 is 2.73 bits per heavy atom. The van der Waals surface area contributed by atoms with Crippen LogP contribution in [0.2, 0.25) is 0 Å². The van der Waals surface area contributed by atoms with E-state index < -0.39 is 17.6 Å². The molecule has 3 aromatic heterocycles. The van der Waals surface area contributed by atoms with E-state index in [0.717, 1.165) is 29.4 Å². The first-order chi connectivity index (χ1) is 19.6. The number of nitrogens with one attached hydrogen (secondary N) is 2. The summed E-state index contributed by atoms with van der Waals surface area (Å²) < 4.78 is 46.3. The second-order valence-corrected chi connectivity index (χ2v) is 9.53. The molecule has 4 heterocycles. The molecule has 4 aromatic rings. The number of alkyl halides is 3. The fourth-order valence-corrected chi connectivity index (χ4v) is 4.49. The highest BCUT2D eigenvalue weighted by atomic mass is 19.4. The molecule has 1 aromatic carbocycles. The second-order valence-electron chi connectivity index (χ2n) is 9.53. The second kappa shape index (κ2) is 11.4. The van der Waals surface area contributed by atoms with Crippen LogP contribution >= 0.6 is 0 Å². The lowest BCUT2D eigenvalue weighted by atomic mass is 10.0. The molecule has 13 heteroatoms. The number of nitrogen functional groups attached to an aromatic ring is 1. The van der Waals surface area contributed by atoms with Crippen molar-refractivity contribution >= 4 is 40.4 Å². The van der Waals surface area contributed by atoms with E-state index in [1.807, 2.05) is 17.7 Å². The largest absolute Gasteiger partial charge is 0.416 e. The van der Waals surface area contributed by atoms with Crippen LogP contribution in [0.1, 0.15) is 34.8 Å². The highest BCUT2D eigenvalue weighted by Gasteiger charge is 2.31. The summed E-state index contributed by atoms with van der Waals surface area (Å²) in [5.74, 6) is -0.758. The molecule has 2 amide bonds. The van der Waals surface area contributed by atoms with Gasteiger partial charge in [-0.05, 0) is 37.6 Å². The minimum atomic E-state index is -4.56. The summed E-state index contributed by atoms with van der Waals surface area (Å²) in [5, 5.41) is 10.8. The first kappa shape index (κ1) is 27.8. The quantitative estimate of drug-likeness (QED) is 0.337. The van der Waals surface area contributed by atoms with Gasteiger partial charge in [0.2, 0.25) is 5.91 Å². The highest BCUT2D eigenvalue weighted by Crippen LogP contribution is 2.34. The van der Waals surface area contributed by atoms with Crippen molar-refractivity contribution in [1.29, 1.82) is 0 Å². The van der Waals surface area contributed by atoms with Gasteiger partial charge in [0.15, 0.2) is 0 Å². The maximum absolute atomic E-state index is 13.0. The zero-order chi connectivity index (χ0) is 29.1. The van der Waals surface area contributed by atoms with Gasteiger partial charge in [-0.15, -0.1) is 0 Å². The molecule has 0 spiro atoms. The van der Waals surface area contributed by atoms with Crippen molar-refractivity contribution < 1.29 is 27.5 Å². The highest BCUT2D eigenvalue weighted by molar-refractivity contribution is 6.06. The molecule has 1 aliphatic heterocycles. The van der Waals surface area contributed by atoms with Gasteiger partial charge in [0.25, 0.3) is 5.91 Å². The molecule has 0 fully saturated rings. The van der Waals surface area contributed by atoms with Gasteiger partial charge in [0.05, 0.1) is 23.1 Å². The number of anilines is 2. The molecule has 1 aliphatic rings. The van der Waals surface area contributed by atoms with Crippen molar-refractivity contribution in [3.05, 3.63) is 71.6 Å². The van der Waals surface area contributed by atoms with Crippen LogP contribution in [0.15, 0.2) is 54.9 Å². The molecule has 0 aliphatic carbocycles. The summed E-state index contributed by atoms with van der Waals surface area (Å²) in [5.41, 5.74) is 8.36. The van der Waals surface area contributed by atoms with Crippen LogP contribution in [0.25, 0.3) is 28.2 Å². The number of amides is 2. The molecule has 10 nitrogen and oxygen atoms in total. The van der Waals surface area contributed by atoms with Crippen LogP contribution in [-0.4, -0.2) is 50.8 Å². The lowest BCUT2D eigenvalue weighted by Gasteiger charge is -2.14. The summed E-state index contributed by atoms with van der Waals surface area (Å²) in [6.45, 7) is 2.57. The standard InChI is InChI=1S/C28H26F3N7O3/c1-16-9-11-38-25-19(3-2-12-41-15-22(39)35-16)14-34-26(32)23(25)24(37-38)17-4-6-18(7-5-17)27(40)36-21-13-20(8-10-33-21)28(29,30)31/h2-8,10,13-14,16H,9,11-12,15H2,1H3,(H2,32,34)(H,35,39)(H,33,36,40)/b3-2+/t16-/m1/s1. The van der Waals surface area contributed by atoms with Crippen molar-refractivity contribution in [2.45, 2.75) is 32.1 Å². The van der Waals surface area contributed by atoms with E-state index in [1.165, 1.54) is 12.1 Å². The number of nitrogens with zero attached hydrogens (tertiary/aromatic N) is 4. The van der Waals surface area contributed by atoms with Gasteiger partial charge in [-0.3, -0.25) is 14.3 Å². The third kappa shape index (κ3) is 6.19. The first-order valence-corrected chi connectivity index (χ1v) is 12.7. The van der Waals surface area contributed by atoms with E-state index in [1.54, 1.807) is 24.4 Å². The summed E-state index contributed by atoms with van der Waals surface area (Å²) in [7, 11) is 0. The minimum Gasteiger partial charge on any atom is -0.383 e. The number of carbonyl (C=O) groups excluding carboxylic acids is 2. The van der Waals surface area contributed by atoms with Crippen LogP contribution in [0.3, 0.4) is 0 Å². The number of pyridine rings is 2. The van der Waals surface area contributed by atoms with E-state index in [2.05, 4.69) is 20.6 Å². The number of hydrogen-bond acceptors (Lipinski definition) is 7. The summed E-state index contributed by atoms with van der Waals surface area (Å²) in [4.78, 5) is 33.0. The number of nitrogens with two attached hydrogens (primary N) is 1. The normalized spacial score (nSPS) is 17.2. The molecular formula is C28H26F3N7O3. The van der Waals surface area contributed by atoms with Gasteiger partial charge in [0, 0.05) is 41.7 Å². The Kier molecular flexibility index (Phi) is 7.70. The number of carbonyl (C=O) groups is 2. The SMILES string of the molecule is C[C@@H]1CCn2nc(-c3ccc(C(=O)Nc4cc(C(F)(F)F)ccn4)cc3)c3c(N)ncc(c32)/C=C/COCC(=O)N1. The van der Waals surface area contributed by atoms with E-state index in [4.69, 9.17) is 15.6 Å². The van der Waals surface area contributed by atoms with E-state index in [9.17, 15) is 22.8 Å². The van der Waals surface area contributed by atoms with Crippen LogP contribution in [0.4, 0.5) is 24.8 Å². The Labute approximate surface area is 232 Å². The maximum atomic E-state index is 13.0. The molecule has 0 saturated heterocycles. The Morgan fingerprint density at radius 2 is 1.98 bits per heavy atom. The number of ether oxygens (including phenoxy) is 1. The smallest absolute Gasteiger partial charge is 0.383 e. The molecule has 212 valence electrons. The van der Waals surface area contributed by atoms with Gasteiger partial charge in [-0.25, -0.2) is 9.97 Å². The van der Waals surface area contributed by atoms with E-state index in [0.29, 0.717) is 29.6 Å². The van der Waals surface area contributed by atoms with Crippen molar-refractivity contribution in [2.75, 3.05) is 24.3 Å². The van der Waals surface area contributed by atoms with Crippen molar-refractivity contribution in [2.24, 2.45) is 0 Å². The zero-order valence-corrected chi connectivity index (χ0v) is 21.9. The fraction of sp³-hybridized carbons (Fsp3) is 0.250. The van der Waals surface area contributed by atoms with E-state index in [-0.39, 0.29) is 42.4 Å². The maximum Gasteiger partial charge on any atom is 0.416 e. The summed E-state index contributed by atoms with van der Waals surface area (Å²) in [6, 6.07) is 7.90. The molecule has 41 heavy (non-hydrogen) atoms. The molecule has 0 radical (unpaired) electrons. The number of benzene rings is 1. The van der Waals surface area contributed by atoms with Gasteiger partial charge in [-0.1, -0.05) is 24.3 Å². The Morgan fingerprint density at radius 1 is 1.20 bits per heavy atom. The summed E-state index contributed by atoms with van der Waals surface area (Å²) in [6.07, 6.45) is 2.29. The Hall–Kier alpha value is -4.78. The Balaban J connectivity index is 1.47. The van der Waals surface area contributed by atoms with Crippen molar-refractivity contribution in [3.8, 4) is 11.3 Å². The molecule has 0 bridgehead atoms. The predicted octanol–water partition coefficient (Wildman–Crippen LogP) is 4.28. The van der Waals surface area contributed by atoms with Crippen molar-refractivity contribution in [1.82, 2.24) is 25.1 Å². The number of aromatic nitrogens is 4. The van der Waals surface area contributed by atoms with Gasteiger partial charge in [0.1, 0.15) is 23.9 Å². The monoisotopic (exact) mass is 565 g/mol. The molecule has 5 rings (SSSR count). The van der Waals surface area contributed by atoms with Crippen LogP contribution in [-0.2, 0) is 22.3 Å². The van der Waals surface area contributed by atoms with Crippen molar-refractivity contribution in [3.63, 3.8) is 0 Å². The van der Waals surface area contributed by atoms with Crippen LogP contribution < -0.4 is 16.4 Å². The Bertz CT molecular complexity index is 1630. The van der Waals surface area contributed by atoms with Gasteiger partial charge in [-0.2, -0.15) is 18.3 Å². The van der Waals surface area contributed by atoms with Crippen LogP contribution in [0.5, 0.6) is 0 Å². The molecule has 0 unspecified atom stereocenters. The number of rotatable bonds is 3. The minimum absolute atomic E-state index is 0.0384. The average Bonchev–Trinajstić information content (AvgIpc) is 3.33. The number of aryl methyl sites for hydroxylation is 1. The molecular weight excluding hydrogens is 539 g/mol. The number of halogens is 3. The molecule has 0 saturated carbocycles. The lowest BCUT2D eigenvalue weighted by Crippen LogP contribution is -2.36. The predicted molar refractivity (Wildman–Crippen MR) is 147 cm³/mol. The third-order valence-corrected chi connectivity index (χ3v) is 6.50. The topological polar surface area (TPSA) is 137 Å². The average molecular weight is 566 g/mol. The van der Waals surface area contributed by atoms with Gasteiger partial charge < -0.3 is 21.1 Å². The molecule has 1 atom stereocenters. The zero-order valence-electron chi connectivity index (χ0n) is 21.9. The van der Waals surface area contributed by atoms with Crippen LogP contribution in [0, 0.1) is 0 Å². The first-order valence-electron chi connectivity index (χ1n) is 12.7. The van der Waals surface area contributed by atoms with E-state index >= 15 is 0 Å². The third-order valence-electron chi connectivity index (χ3n) is 6.50. The number of hydrogen-bond donors (Lipinski definition) is 3. The summed E-state index contributed by atoms with van der Waals surface area (Å²) >= 11 is 0. The molecule has 4 N–H and O–H groups in total.